The van der Waals surface area contributed by atoms with Gasteiger partial charge in [0.05, 0.1) is 5.69 Å². The van der Waals surface area contributed by atoms with Crippen molar-refractivity contribution in [2.75, 3.05) is 4.90 Å². The minimum Gasteiger partial charge on any atom is -0.468 e. The normalized spacial score (nSPS) is 19.8. The third-order valence-electron chi connectivity index (χ3n) is 5.63. The number of rotatable bonds is 3. The van der Waals surface area contributed by atoms with E-state index in [1.54, 1.807) is 24.3 Å². The van der Waals surface area contributed by atoms with Crippen LogP contribution < -0.4 is 9.64 Å². The zero-order chi connectivity index (χ0) is 20.0. The van der Waals surface area contributed by atoms with Gasteiger partial charge >= 0.3 is 0 Å². The van der Waals surface area contributed by atoms with Crippen LogP contribution in [0.4, 0.5) is 5.69 Å². The Bertz CT molecular complexity index is 1110. The molecular weight excluding hydrogens is 382 g/mol. The second kappa shape index (κ2) is 7.09. The molecule has 0 aliphatic carbocycles. The van der Waals surface area contributed by atoms with Crippen LogP contribution in [0, 0.1) is 6.92 Å². The van der Waals surface area contributed by atoms with Crippen LogP contribution in [0.5, 0.6) is 5.75 Å². The summed E-state index contributed by atoms with van der Waals surface area (Å²) in [5, 5.41) is 0.621. The van der Waals surface area contributed by atoms with Gasteiger partial charge in [0.25, 0.3) is 0 Å². The van der Waals surface area contributed by atoms with Crippen LogP contribution in [0.25, 0.3) is 0 Å². The maximum atomic E-state index is 13.5. The Labute approximate surface area is 175 Å². The number of hydrogen-bond donors (Lipinski definition) is 0. The van der Waals surface area contributed by atoms with Gasteiger partial charge < -0.3 is 9.64 Å². The van der Waals surface area contributed by atoms with E-state index < -0.39 is 0 Å². The van der Waals surface area contributed by atoms with Crippen LogP contribution in [-0.2, 0) is 0 Å². The molecule has 29 heavy (non-hydrogen) atoms. The highest BCUT2D eigenvalue weighted by Gasteiger charge is 2.39. The Morgan fingerprint density at radius 3 is 2.55 bits per heavy atom. The van der Waals surface area contributed by atoms with Crippen molar-refractivity contribution in [2.45, 2.75) is 25.5 Å². The average Bonchev–Trinajstić information content (AvgIpc) is 3.10. The third-order valence-corrected chi connectivity index (χ3v) is 5.88. The highest BCUT2D eigenvalue weighted by Crippen LogP contribution is 2.46. The first kappa shape index (κ1) is 18.0. The van der Waals surface area contributed by atoms with Crippen LogP contribution in [0.2, 0.25) is 5.02 Å². The van der Waals surface area contributed by atoms with Gasteiger partial charge in [-0.05, 0) is 54.4 Å². The van der Waals surface area contributed by atoms with Crippen LogP contribution in [-0.4, -0.2) is 12.0 Å². The summed E-state index contributed by atoms with van der Waals surface area (Å²) < 4.78 is 6.22. The minimum absolute atomic E-state index is 0.0232. The molecule has 0 fully saturated rings. The first-order valence-corrected chi connectivity index (χ1v) is 10.1. The quantitative estimate of drug-likeness (QED) is 0.494. The van der Waals surface area contributed by atoms with E-state index in [1.807, 2.05) is 30.5 Å². The molecule has 2 aliphatic rings. The van der Waals surface area contributed by atoms with Gasteiger partial charge in [-0.15, -0.1) is 0 Å². The molecule has 0 amide bonds. The number of anilines is 1. The SMILES string of the molecule is Cc1ccc2c(c1)N1C=C(C(=O)c3ccc(Cl)cc3)[C@H](c3ccccc3)C[C@H]1O2. The highest BCUT2D eigenvalue weighted by atomic mass is 35.5. The molecule has 5 rings (SSSR count). The van der Waals surface area contributed by atoms with Crippen molar-refractivity contribution in [3.63, 3.8) is 0 Å². The van der Waals surface area contributed by atoms with Crippen molar-refractivity contribution >= 4 is 23.1 Å². The molecule has 0 bridgehead atoms. The lowest BCUT2D eigenvalue weighted by Crippen LogP contribution is -2.38. The molecule has 3 aromatic carbocycles. The Hall–Kier alpha value is -3.04. The molecule has 4 heteroatoms. The van der Waals surface area contributed by atoms with E-state index in [-0.39, 0.29) is 17.9 Å². The fraction of sp³-hybridized carbons (Fsp3) is 0.160. The number of aryl methyl sites for hydroxylation is 1. The van der Waals surface area contributed by atoms with Crippen molar-refractivity contribution in [3.05, 3.63) is 106 Å². The second-order valence-electron chi connectivity index (χ2n) is 7.57. The lowest BCUT2D eigenvalue weighted by atomic mass is 9.82. The monoisotopic (exact) mass is 401 g/mol. The van der Waals surface area contributed by atoms with Gasteiger partial charge in [-0.1, -0.05) is 48.0 Å². The summed E-state index contributed by atoms with van der Waals surface area (Å²) in [4.78, 5) is 15.6. The van der Waals surface area contributed by atoms with Gasteiger partial charge in [0.15, 0.2) is 12.0 Å². The summed E-state index contributed by atoms with van der Waals surface area (Å²) in [7, 11) is 0. The number of carbonyl (C=O) groups excluding carboxylic acids is 1. The third kappa shape index (κ3) is 3.22. The van der Waals surface area contributed by atoms with Crippen molar-refractivity contribution in [3.8, 4) is 5.75 Å². The Kier molecular flexibility index (Phi) is 4.40. The van der Waals surface area contributed by atoms with Crippen LogP contribution >= 0.6 is 11.6 Å². The van der Waals surface area contributed by atoms with Crippen molar-refractivity contribution in [2.24, 2.45) is 0 Å². The summed E-state index contributed by atoms with van der Waals surface area (Å²) in [5.41, 5.74) is 4.72. The number of nitrogens with zero attached hydrogens (tertiary/aromatic N) is 1. The van der Waals surface area contributed by atoms with Crippen LogP contribution in [0.1, 0.15) is 33.8 Å². The molecule has 0 radical (unpaired) electrons. The zero-order valence-corrected chi connectivity index (χ0v) is 16.8. The fourth-order valence-corrected chi connectivity index (χ4v) is 4.28. The Morgan fingerprint density at radius 2 is 1.79 bits per heavy atom. The number of halogens is 1. The standard InChI is InChI=1S/C25H20ClNO2/c1-16-7-12-23-22(13-16)27-15-21(25(28)18-8-10-19(26)11-9-18)20(14-24(27)29-23)17-5-3-2-4-6-17/h2-13,15,20,24H,14H2,1H3/t20-,24+/m0/s1. The highest BCUT2D eigenvalue weighted by molar-refractivity contribution is 6.30. The first-order valence-electron chi connectivity index (χ1n) is 9.73. The van der Waals surface area contributed by atoms with Crippen molar-refractivity contribution in [1.82, 2.24) is 0 Å². The maximum Gasteiger partial charge on any atom is 0.191 e. The van der Waals surface area contributed by atoms with Gasteiger partial charge in [0, 0.05) is 34.7 Å². The number of ketones is 1. The lowest BCUT2D eigenvalue weighted by molar-refractivity contribution is 0.101. The molecule has 2 heterocycles. The van der Waals surface area contributed by atoms with Crippen molar-refractivity contribution in [1.29, 1.82) is 0 Å². The largest absolute Gasteiger partial charge is 0.468 e. The van der Waals surface area contributed by atoms with Gasteiger partial charge in [-0.3, -0.25) is 4.79 Å². The van der Waals surface area contributed by atoms with Crippen LogP contribution in [0.15, 0.2) is 84.6 Å². The number of carbonyl (C=O) groups is 1. The van der Waals surface area contributed by atoms with Crippen LogP contribution in [0.3, 0.4) is 0 Å². The lowest BCUT2D eigenvalue weighted by Gasteiger charge is -2.33. The number of ether oxygens (including phenoxy) is 1. The summed E-state index contributed by atoms with van der Waals surface area (Å²) in [6.07, 6.45) is 2.58. The van der Waals surface area contributed by atoms with Gasteiger partial charge in [-0.2, -0.15) is 0 Å². The Morgan fingerprint density at radius 1 is 1.03 bits per heavy atom. The van der Waals surface area contributed by atoms with E-state index in [0.717, 1.165) is 28.1 Å². The summed E-state index contributed by atoms with van der Waals surface area (Å²) in [6, 6.07) is 23.4. The number of allylic oxidation sites excluding steroid dienone is 1. The average molecular weight is 402 g/mol. The molecule has 0 saturated heterocycles. The minimum atomic E-state index is -0.112. The van der Waals surface area contributed by atoms with E-state index in [2.05, 4.69) is 36.1 Å². The van der Waals surface area contributed by atoms with Gasteiger partial charge in [-0.25, -0.2) is 0 Å². The Balaban J connectivity index is 1.61. The molecule has 3 aromatic rings. The van der Waals surface area contributed by atoms with E-state index in [0.29, 0.717) is 17.0 Å². The molecule has 0 saturated carbocycles. The predicted molar refractivity (Wildman–Crippen MR) is 116 cm³/mol. The molecule has 2 aliphatic heterocycles. The molecule has 2 atom stereocenters. The fourth-order valence-electron chi connectivity index (χ4n) is 4.16. The first-order chi connectivity index (χ1) is 14.1. The van der Waals surface area contributed by atoms with E-state index in [4.69, 9.17) is 16.3 Å². The summed E-state index contributed by atoms with van der Waals surface area (Å²) >= 11 is 6.02. The molecular formula is C25H20ClNO2. The maximum absolute atomic E-state index is 13.5. The van der Waals surface area contributed by atoms with Gasteiger partial charge in [0.2, 0.25) is 0 Å². The number of Topliss-reactive ketones (excluding diaryl/α,β-unsaturated/α-hetero) is 1. The molecule has 3 nitrogen and oxygen atoms in total. The van der Waals surface area contributed by atoms with E-state index >= 15 is 0 Å². The second-order valence-corrected chi connectivity index (χ2v) is 8.01. The van der Waals surface area contributed by atoms with Crippen molar-refractivity contribution < 1.29 is 9.53 Å². The summed E-state index contributed by atoms with van der Waals surface area (Å²) in [6.45, 7) is 2.06. The van der Waals surface area contributed by atoms with E-state index in [1.165, 1.54) is 0 Å². The number of benzene rings is 3. The topological polar surface area (TPSA) is 29.5 Å². The smallest absolute Gasteiger partial charge is 0.191 e. The molecule has 0 N–H and O–H groups in total. The van der Waals surface area contributed by atoms with E-state index in [9.17, 15) is 4.79 Å². The van der Waals surface area contributed by atoms with Gasteiger partial charge in [0.1, 0.15) is 5.75 Å². The molecule has 0 unspecified atom stereocenters. The molecule has 0 aromatic heterocycles. The number of fused-ring (bicyclic) bond motifs is 3. The number of hydrogen-bond acceptors (Lipinski definition) is 3. The zero-order valence-electron chi connectivity index (χ0n) is 16.0. The predicted octanol–water partition coefficient (Wildman–Crippen LogP) is 6.13. The summed E-state index contributed by atoms with van der Waals surface area (Å²) in [5.74, 6) is 0.856. The molecule has 144 valence electrons. The molecule has 0 spiro atoms.